The Balaban J connectivity index is 2.37. The average molecular weight is 381 g/mol. The summed E-state index contributed by atoms with van der Waals surface area (Å²) in [6.07, 6.45) is 0. The maximum atomic E-state index is 13.1. The van der Waals surface area contributed by atoms with Gasteiger partial charge in [0, 0.05) is 30.3 Å². The number of aliphatic imine (C=N–C) groups is 1. The van der Waals surface area contributed by atoms with Crippen molar-refractivity contribution in [2.45, 2.75) is 18.6 Å². The van der Waals surface area contributed by atoms with E-state index in [1.54, 1.807) is 30.3 Å². The first kappa shape index (κ1) is 19.3. The van der Waals surface area contributed by atoms with Gasteiger partial charge < -0.3 is 10.6 Å². The quantitative estimate of drug-likeness (QED) is 0.459. The number of non-ortho nitro benzene ring substituents is 1. The maximum absolute atomic E-state index is 13.1. The molecular weight excluding hydrogens is 362 g/mol. The van der Waals surface area contributed by atoms with Crippen LogP contribution in [0.15, 0.2) is 53.5 Å². The monoisotopic (exact) mass is 381 g/mol. The van der Waals surface area contributed by atoms with Crippen LogP contribution in [0.4, 0.5) is 11.4 Å². The smallest absolute Gasteiger partial charge is 0.277 e. The van der Waals surface area contributed by atoms with E-state index in [1.807, 2.05) is 0 Å². The van der Waals surface area contributed by atoms with E-state index < -0.39 is 28.3 Å². The molecule has 0 spiro atoms. The molecule has 1 heterocycles. The van der Waals surface area contributed by atoms with Gasteiger partial charge in [-0.15, -0.1) is 0 Å². The number of hydrogen-bond acceptors (Lipinski definition) is 7. The van der Waals surface area contributed by atoms with Crippen LogP contribution in [0, 0.1) is 10.1 Å². The number of likely N-dealkylation sites (N-methyl/N-ethyl adjacent to an activating group) is 1. The van der Waals surface area contributed by atoms with Crippen molar-refractivity contribution in [3.63, 3.8) is 0 Å². The summed E-state index contributed by atoms with van der Waals surface area (Å²) in [5.41, 5.74) is 10.9. The Kier molecular flexibility index (Phi) is 4.80. The molecule has 0 fully saturated rings. The predicted molar refractivity (Wildman–Crippen MR) is 104 cm³/mol. The number of Topliss-reactive ketones (excluding diaryl/α,β-unsaturated/α-hetero) is 1. The molecule has 2 aromatic carbocycles. The van der Waals surface area contributed by atoms with E-state index in [9.17, 15) is 19.7 Å². The molecule has 4 N–H and O–H groups in total. The molecule has 0 saturated heterocycles. The van der Waals surface area contributed by atoms with Crippen LogP contribution in [0.1, 0.15) is 18.1 Å². The van der Waals surface area contributed by atoms with Gasteiger partial charge in [-0.3, -0.25) is 25.4 Å². The molecule has 1 aliphatic rings. The highest BCUT2D eigenvalue weighted by Crippen LogP contribution is 2.33. The van der Waals surface area contributed by atoms with Gasteiger partial charge in [-0.05, 0) is 13.0 Å². The van der Waals surface area contributed by atoms with Crippen LogP contribution in [0.3, 0.4) is 0 Å². The van der Waals surface area contributed by atoms with Crippen molar-refractivity contribution in [3.8, 4) is 0 Å². The zero-order valence-electron chi connectivity index (χ0n) is 15.3. The molecule has 1 unspecified atom stereocenters. The predicted octanol–water partition coefficient (Wildman–Crippen LogP) is 0.980. The summed E-state index contributed by atoms with van der Waals surface area (Å²) in [4.78, 5) is 42.0. The zero-order chi connectivity index (χ0) is 20.6. The molecule has 28 heavy (non-hydrogen) atoms. The molecule has 144 valence electrons. The number of nitrogens with zero attached hydrogens (tertiary/aromatic N) is 3. The van der Waals surface area contributed by atoms with Gasteiger partial charge in [0.25, 0.3) is 11.6 Å². The van der Waals surface area contributed by atoms with Crippen LogP contribution in [0.2, 0.25) is 0 Å². The molecule has 1 amide bonds. The van der Waals surface area contributed by atoms with E-state index in [-0.39, 0.29) is 11.4 Å². The fourth-order valence-corrected chi connectivity index (χ4v) is 3.09. The molecule has 9 nitrogen and oxygen atoms in total. The first-order chi connectivity index (χ1) is 13.2. The molecule has 9 heteroatoms. The number of anilines is 1. The highest BCUT2D eigenvalue weighted by Gasteiger charge is 2.48. The standard InChI is InChI=1S/C19H19N5O4/c1-11(20)17(25)19(21)18(26)23(2)15-9-8-13(24(27)28)10-14(15)16(22-19)12-6-4-3-5-7-12/h3-11H,20-21H2,1-2H3/t11-,19?/m0/s1. The number of benzodiazepines with no additional fused rings is 1. The second-order valence-corrected chi connectivity index (χ2v) is 6.57. The van der Waals surface area contributed by atoms with E-state index in [1.165, 1.54) is 37.1 Å². The number of ketones is 1. The summed E-state index contributed by atoms with van der Waals surface area (Å²) in [5, 5.41) is 11.3. The lowest BCUT2D eigenvalue weighted by atomic mass is 9.98. The van der Waals surface area contributed by atoms with Gasteiger partial charge in [0.15, 0.2) is 0 Å². The topological polar surface area (TPSA) is 145 Å². The van der Waals surface area contributed by atoms with Crippen molar-refractivity contribution in [2.75, 3.05) is 11.9 Å². The lowest BCUT2D eigenvalue weighted by Gasteiger charge is -2.27. The maximum Gasteiger partial charge on any atom is 0.277 e. The number of nitro groups is 1. The summed E-state index contributed by atoms with van der Waals surface area (Å²) < 4.78 is 0. The fraction of sp³-hybridized carbons (Fsp3) is 0.211. The van der Waals surface area contributed by atoms with Crippen LogP contribution in [0.25, 0.3) is 0 Å². The van der Waals surface area contributed by atoms with Crippen LogP contribution in [-0.4, -0.2) is 41.1 Å². The molecule has 2 atom stereocenters. The molecule has 0 bridgehead atoms. The third-order valence-corrected chi connectivity index (χ3v) is 4.56. The zero-order valence-corrected chi connectivity index (χ0v) is 15.3. The van der Waals surface area contributed by atoms with Gasteiger partial charge in [0.05, 0.1) is 22.4 Å². The molecule has 0 aromatic heterocycles. The Morgan fingerprint density at radius 2 is 1.89 bits per heavy atom. The van der Waals surface area contributed by atoms with Crippen molar-refractivity contribution >= 4 is 28.8 Å². The third-order valence-electron chi connectivity index (χ3n) is 4.56. The lowest BCUT2D eigenvalue weighted by molar-refractivity contribution is -0.384. The Labute approximate surface area is 160 Å². The number of carbonyl (C=O) groups excluding carboxylic acids is 2. The highest BCUT2D eigenvalue weighted by atomic mass is 16.6. The van der Waals surface area contributed by atoms with Gasteiger partial charge in [0.1, 0.15) is 0 Å². The number of nitro benzene ring substituents is 1. The minimum Gasteiger partial charge on any atom is -0.322 e. The minimum absolute atomic E-state index is 0.175. The van der Waals surface area contributed by atoms with Gasteiger partial charge in [-0.25, -0.2) is 4.99 Å². The summed E-state index contributed by atoms with van der Waals surface area (Å²) >= 11 is 0. The Morgan fingerprint density at radius 1 is 1.25 bits per heavy atom. The van der Waals surface area contributed by atoms with E-state index in [0.29, 0.717) is 16.8 Å². The van der Waals surface area contributed by atoms with E-state index in [2.05, 4.69) is 4.99 Å². The normalized spacial score (nSPS) is 20.1. The Morgan fingerprint density at radius 3 is 2.46 bits per heavy atom. The van der Waals surface area contributed by atoms with E-state index in [0.717, 1.165) is 0 Å². The molecule has 0 radical (unpaired) electrons. The molecule has 3 rings (SSSR count). The number of hydrogen-bond donors (Lipinski definition) is 2. The highest BCUT2D eigenvalue weighted by molar-refractivity contribution is 6.26. The summed E-state index contributed by atoms with van der Waals surface area (Å²) in [5.74, 6) is -1.52. The SMILES string of the molecule is C[C@H](N)C(=O)C1(N)N=C(c2ccccc2)c2cc([N+](=O)[O-])ccc2N(C)C1=O. The van der Waals surface area contributed by atoms with Crippen molar-refractivity contribution in [2.24, 2.45) is 16.5 Å². The molecular formula is C19H19N5O4. The number of amides is 1. The lowest BCUT2D eigenvalue weighted by Crippen LogP contribution is -2.62. The number of fused-ring (bicyclic) bond motifs is 1. The van der Waals surface area contributed by atoms with Crippen LogP contribution >= 0.6 is 0 Å². The van der Waals surface area contributed by atoms with Gasteiger partial charge in [-0.1, -0.05) is 30.3 Å². The molecule has 2 aromatic rings. The van der Waals surface area contributed by atoms with Gasteiger partial charge in [0.2, 0.25) is 11.4 Å². The average Bonchev–Trinajstić information content (AvgIpc) is 2.77. The van der Waals surface area contributed by atoms with Crippen LogP contribution in [0.5, 0.6) is 0 Å². The second-order valence-electron chi connectivity index (χ2n) is 6.57. The third kappa shape index (κ3) is 3.06. The minimum atomic E-state index is -2.25. The van der Waals surface area contributed by atoms with Crippen molar-refractivity contribution in [1.82, 2.24) is 0 Å². The molecule has 0 saturated carbocycles. The fourth-order valence-electron chi connectivity index (χ4n) is 3.09. The van der Waals surface area contributed by atoms with E-state index >= 15 is 0 Å². The van der Waals surface area contributed by atoms with Crippen LogP contribution < -0.4 is 16.4 Å². The van der Waals surface area contributed by atoms with E-state index in [4.69, 9.17) is 11.5 Å². The van der Waals surface area contributed by atoms with Gasteiger partial charge in [-0.2, -0.15) is 0 Å². The van der Waals surface area contributed by atoms with Gasteiger partial charge >= 0.3 is 0 Å². The molecule has 1 aliphatic heterocycles. The van der Waals surface area contributed by atoms with Crippen molar-refractivity contribution in [1.29, 1.82) is 0 Å². The number of nitrogens with two attached hydrogens (primary N) is 2. The number of rotatable bonds is 4. The van der Waals surface area contributed by atoms with Crippen molar-refractivity contribution in [3.05, 3.63) is 69.8 Å². The number of benzene rings is 2. The second kappa shape index (κ2) is 6.95. The Hall–Kier alpha value is -3.43. The van der Waals surface area contributed by atoms with Crippen molar-refractivity contribution < 1.29 is 14.5 Å². The first-order valence-corrected chi connectivity index (χ1v) is 8.48. The molecule has 0 aliphatic carbocycles. The Bertz CT molecular complexity index is 1000. The largest absolute Gasteiger partial charge is 0.322 e. The van der Waals surface area contributed by atoms with Crippen LogP contribution in [-0.2, 0) is 9.59 Å². The summed E-state index contributed by atoms with van der Waals surface area (Å²) in [6, 6.07) is 11.7. The first-order valence-electron chi connectivity index (χ1n) is 8.48. The number of carbonyl (C=O) groups is 2. The summed E-state index contributed by atoms with van der Waals surface area (Å²) in [7, 11) is 1.44. The summed E-state index contributed by atoms with van der Waals surface area (Å²) in [6.45, 7) is 1.42.